The van der Waals surface area contributed by atoms with Crippen LogP contribution in [0.25, 0.3) is 0 Å². The van der Waals surface area contributed by atoms with Gasteiger partial charge in [0.15, 0.2) is 0 Å². The Bertz CT molecular complexity index is 454. The summed E-state index contributed by atoms with van der Waals surface area (Å²) in [7, 11) is 0. The third-order valence-corrected chi connectivity index (χ3v) is 2.45. The molecule has 1 unspecified atom stereocenters. The van der Waals surface area contributed by atoms with Gasteiger partial charge in [-0.1, -0.05) is 6.92 Å². The van der Waals surface area contributed by atoms with Gasteiger partial charge in [0.25, 0.3) is 0 Å². The Morgan fingerprint density at radius 1 is 1.45 bits per heavy atom. The van der Waals surface area contributed by atoms with Crippen LogP contribution in [0.15, 0.2) is 18.2 Å². The number of carbonyl (C=O) groups excluding carboxylic acids is 1. The number of aliphatic hydroxyl groups excluding tert-OH is 1. The Balaban J connectivity index is 2.79. The van der Waals surface area contributed by atoms with Crippen molar-refractivity contribution < 1.29 is 27.8 Å². The first-order chi connectivity index (χ1) is 9.46. The van der Waals surface area contributed by atoms with E-state index in [9.17, 15) is 18.0 Å². The van der Waals surface area contributed by atoms with E-state index in [0.29, 0.717) is 6.42 Å². The molecule has 3 N–H and O–H groups in total. The van der Waals surface area contributed by atoms with Gasteiger partial charge in [-0.15, -0.1) is 0 Å². The van der Waals surface area contributed by atoms with Crippen molar-refractivity contribution in [1.29, 1.82) is 0 Å². The zero-order valence-electron chi connectivity index (χ0n) is 10.7. The molecule has 2 amide bonds. The minimum atomic E-state index is -3.09. The third kappa shape index (κ3) is 4.96. The highest BCUT2D eigenvalue weighted by Crippen LogP contribution is 2.26. The molecule has 0 bridgehead atoms. The average Bonchev–Trinajstić information content (AvgIpc) is 2.38. The Labute approximate surface area is 113 Å². The van der Waals surface area contributed by atoms with E-state index in [0.717, 1.165) is 18.2 Å². The number of urea groups is 1. The second-order valence-electron chi connectivity index (χ2n) is 3.91. The Hall–Kier alpha value is -1.96. The molecular weight excluding hydrogens is 277 g/mol. The summed E-state index contributed by atoms with van der Waals surface area (Å²) >= 11 is 0. The molecule has 0 aliphatic carbocycles. The van der Waals surface area contributed by atoms with Gasteiger partial charge in [0.2, 0.25) is 0 Å². The van der Waals surface area contributed by atoms with Crippen molar-refractivity contribution in [3.63, 3.8) is 0 Å². The fraction of sp³-hybridized carbons (Fsp3) is 0.417. The molecule has 0 spiro atoms. The predicted molar refractivity (Wildman–Crippen MR) is 66.4 cm³/mol. The zero-order valence-corrected chi connectivity index (χ0v) is 10.7. The number of rotatable bonds is 6. The van der Waals surface area contributed by atoms with E-state index < -0.39 is 24.5 Å². The van der Waals surface area contributed by atoms with Crippen molar-refractivity contribution in [2.24, 2.45) is 0 Å². The van der Waals surface area contributed by atoms with Crippen LogP contribution in [0.2, 0.25) is 0 Å². The molecule has 1 aromatic rings. The molecule has 8 heteroatoms. The van der Waals surface area contributed by atoms with Gasteiger partial charge in [-0.25, -0.2) is 9.18 Å². The topological polar surface area (TPSA) is 70.6 Å². The van der Waals surface area contributed by atoms with Crippen molar-refractivity contribution in [2.75, 3.05) is 11.9 Å². The Kier molecular flexibility index (Phi) is 6.10. The number of benzene rings is 1. The smallest absolute Gasteiger partial charge is 0.387 e. The first-order valence-corrected chi connectivity index (χ1v) is 5.89. The van der Waals surface area contributed by atoms with E-state index in [-0.39, 0.29) is 18.0 Å². The fourth-order valence-corrected chi connectivity index (χ4v) is 1.42. The zero-order chi connectivity index (χ0) is 15.1. The van der Waals surface area contributed by atoms with Gasteiger partial charge in [0.1, 0.15) is 11.6 Å². The van der Waals surface area contributed by atoms with E-state index in [1.54, 1.807) is 6.92 Å². The summed E-state index contributed by atoms with van der Waals surface area (Å²) in [5, 5.41) is 13.5. The Morgan fingerprint density at radius 3 is 2.70 bits per heavy atom. The highest BCUT2D eigenvalue weighted by molar-refractivity contribution is 5.91. The number of amides is 2. The first-order valence-electron chi connectivity index (χ1n) is 5.89. The lowest BCUT2D eigenvalue weighted by Crippen LogP contribution is -2.39. The normalized spacial score (nSPS) is 12.1. The van der Waals surface area contributed by atoms with Crippen LogP contribution in [0, 0.1) is 5.82 Å². The molecule has 112 valence electrons. The maximum absolute atomic E-state index is 13.1. The summed E-state index contributed by atoms with van der Waals surface area (Å²) in [5.41, 5.74) is -0.226. The number of ether oxygens (including phenoxy) is 1. The van der Waals surface area contributed by atoms with E-state index in [1.807, 2.05) is 0 Å². The van der Waals surface area contributed by atoms with Crippen LogP contribution in [0.4, 0.5) is 23.7 Å². The van der Waals surface area contributed by atoms with Gasteiger partial charge in [0.05, 0.1) is 18.3 Å². The number of carbonyl (C=O) groups is 1. The van der Waals surface area contributed by atoms with Gasteiger partial charge < -0.3 is 20.5 Å². The highest BCUT2D eigenvalue weighted by Gasteiger charge is 2.14. The van der Waals surface area contributed by atoms with E-state index in [1.165, 1.54) is 0 Å². The number of hydrogen-bond acceptors (Lipinski definition) is 3. The summed E-state index contributed by atoms with van der Waals surface area (Å²) < 4.78 is 41.6. The van der Waals surface area contributed by atoms with Crippen molar-refractivity contribution >= 4 is 11.7 Å². The molecular formula is C12H15F3N2O3. The van der Waals surface area contributed by atoms with Crippen molar-refractivity contribution in [3.05, 3.63) is 24.0 Å². The van der Waals surface area contributed by atoms with Gasteiger partial charge in [-0.05, 0) is 18.6 Å². The number of hydrogen-bond donors (Lipinski definition) is 3. The molecule has 0 heterocycles. The summed E-state index contributed by atoms with van der Waals surface area (Å²) in [6, 6.07) is 1.54. The van der Waals surface area contributed by atoms with E-state index in [4.69, 9.17) is 5.11 Å². The maximum Gasteiger partial charge on any atom is 0.387 e. The van der Waals surface area contributed by atoms with Gasteiger partial charge in [-0.2, -0.15) is 8.78 Å². The lowest BCUT2D eigenvalue weighted by molar-refractivity contribution is -0.0494. The summed E-state index contributed by atoms with van der Waals surface area (Å²) in [4.78, 5) is 11.6. The summed E-state index contributed by atoms with van der Waals surface area (Å²) in [5.74, 6) is -1.07. The van der Waals surface area contributed by atoms with Gasteiger partial charge >= 0.3 is 12.6 Å². The van der Waals surface area contributed by atoms with Crippen LogP contribution in [0.1, 0.15) is 13.3 Å². The molecule has 20 heavy (non-hydrogen) atoms. The molecule has 0 saturated carbocycles. The average molecular weight is 292 g/mol. The standard InChI is InChI=1S/C12H15F3N2O3/c1-2-8(6-18)16-12(19)17-9-5-7(13)3-4-10(9)20-11(14)15/h3-5,8,11,18H,2,6H2,1H3,(H2,16,17,19). The molecule has 0 aromatic heterocycles. The number of nitrogens with one attached hydrogen (secondary N) is 2. The molecule has 0 saturated heterocycles. The lowest BCUT2D eigenvalue weighted by atomic mass is 10.2. The number of aliphatic hydroxyl groups is 1. The maximum atomic E-state index is 13.1. The second kappa shape index (κ2) is 7.59. The minimum absolute atomic E-state index is 0.226. The highest BCUT2D eigenvalue weighted by atomic mass is 19.3. The SMILES string of the molecule is CCC(CO)NC(=O)Nc1cc(F)ccc1OC(F)F. The summed E-state index contributed by atoms with van der Waals surface area (Å²) in [6.45, 7) is -1.62. The third-order valence-electron chi connectivity index (χ3n) is 2.45. The monoisotopic (exact) mass is 292 g/mol. The number of halogens is 3. The minimum Gasteiger partial charge on any atom is -0.433 e. The van der Waals surface area contributed by atoms with Crippen molar-refractivity contribution in [1.82, 2.24) is 5.32 Å². The molecule has 0 aliphatic heterocycles. The van der Waals surface area contributed by atoms with Crippen LogP contribution in [-0.4, -0.2) is 30.4 Å². The number of anilines is 1. The van der Waals surface area contributed by atoms with E-state index >= 15 is 0 Å². The molecule has 0 radical (unpaired) electrons. The van der Waals surface area contributed by atoms with Crippen LogP contribution in [-0.2, 0) is 0 Å². The molecule has 0 fully saturated rings. The number of alkyl halides is 2. The predicted octanol–water partition coefficient (Wildman–Crippen LogP) is 2.32. The van der Waals surface area contributed by atoms with Crippen molar-refractivity contribution in [3.8, 4) is 5.75 Å². The van der Waals surface area contributed by atoms with Gasteiger partial charge in [-0.3, -0.25) is 0 Å². The van der Waals surface area contributed by atoms with E-state index in [2.05, 4.69) is 15.4 Å². The van der Waals surface area contributed by atoms with Crippen LogP contribution >= 0.6 is 0 Å². The quantitative estimate of drug-likeness (QED) is 0.753. The first kappa shape index (κ1) is 16.1. The molecule has 1 rings (SSSR count). The lowest BCUT2D eigenvalue weighted by Gasteiger charge is -2.16. The largest absolute Gasteiger partial charge is 0.433 e. The summed E-state index contributed by atoms with van der Waals surface area (Å²) in [6.07, 6.45) is 0.480. The van der Waals surface area contributed by atoms with Gasteiger partial charge in [0, 0.05) is 6.07 Å². The van der Waals surface area contributed by atoms with Crippen LogP contribution in [0.5, 0.6) is 5.75 Å². The van der Waals surface area contributed by atoms with Crippen LogP contribution in [0.3, 0.4) is 0 Å². The van der Waals surface area contributed by atoms with Crippen LogP contribution < -0.4 is 15.4 Å². The molecule has 0 aliphatic rings. The van der Waals surface area contributed by atoms with Crippen molar-refractivity contribution in [2.45, 2.75) is 26.0 Å². The Morgan fingerprint density at radius 2 is 2.15 bits per heavy atom. The fourth-order valence-electron chi connectivity index (χ4n) is 1.42. The molecule has 1 aromatic carbocycles. The molecule has 1 atom stereocenters. The molecule has 5 nitrogen and oxygen atoms in total. The second-order valence-corrected chi connectivity index (χ2v) is 3.91.